The first-order chi connectivity index (χ1) is 39.6. The summed E-state index contributed by atoms with van der Waals surface area (Å²) >= 11 is 1.40. The van der Waals surface area contributed by atoms with E-state index in [1.165, 1.54) is 47.9 Å². The smallest absolute Gasteiger partial charge is 0.326 e. The predicted octanol–water partition coefficient (Wildman–Crippen LogP) is -1.62. The molecule has 0 unspecified atom stereocenters. The summed E-state index contributed by atoms with van der Waals surface area (Å²) in [6.07, 6.45) is 0.267. The van der Waals surface area contributed by atoms with Crippen molar-refractivity contribution in [2.24, 2.45) is 22.2 Å². The number of hydrogen-bond donors (Lipinski definition) is 13. The lowest BCUT2D eigenvalue weighted by Gasteiger charge is -2.33. The standard InChI is InChI=1S/C56H76N12O14S/c1-32(69)46(66-50(76)41(29-34-14-7-4-8-15-34)62-47(73)37(57)16-9-24-60-56(58)59)52(78)64-40(30-35-19-21-36(70)22-20-35)49(75)65-42(31-45(71)72)53(79)68-26-11-18-44(68)54(80)67-25-10-17-43(67)51(77)63-39(28-33-12-5-3-6-13-33)48(74)61-38(55(81)82)23-27-83-2/h3-8,12-15,19-22,32,37-44,46,69-70H,9-11,16-18,23-31,57H2,1-2H3,(H,61,74)(H,62,73)(H,63,77)(H,64,78)(H,65,75)(H,66,76)(H,71,72)(H,81,82)(H4,58,59,60)/t32-,37+,38+,39+,40+,41+,42+,43+,44+,46+/m1/s1. The highest BCUT2D eigenvalue weighted by Gasteiger charge is 2.45. The quantitative estimate of drug-likeness (QED) is 0.0196. The van der Waals surface area contributed by atoms with E-state index in [-0.39, 0.29) is 82.7 Å². The van der Waals surface area contributed by atoms with Crippen LogP contribution in [-0.2, 0) is 67.2 Å². The molecule has 0 saturated carbocycles. The van der Waals surface area contributed by atoms with Crippen molar-refractivity contribution >= 4 is 76.9 Å². The lowest BCUT2D eigenvalue weighted by molar-refractivity contribution is -0.150. The van der Waals surface area contributed by atoms with Gasteiger partial charge in [0.2, 0.25) is 47.3 Å². The zero-order valence-electron chi connectivity index (χ0n) is 46.3. The number of phenols is 1. The van der Waals surface area contributed by atoms with Crippen LogP contribution in [0.2, 0.25) is 0 Å². The maximum absolute atomic E-state index is 14.6. The normalized spacial score (nSPS) is 17.6. The number of nitrogens with zero attached hydrogens (tertiary/aromatic N) is 3. The molecule has 2 heterocycles. The second-order valence-electron chi connectivity index (χ2n) is 20.4. The summed E-state index contributed by atoms with van der Waals surface area (Å²) in [5, 5.41) is 56.2. The summed E-state index contributed by atoms with van der Waals surface area (Å²) < 4.78 is 0. The Hall–Kier alpha value is -8.30. The summed E-state index contributed by atoms with van der Waals surface area (Å²) in [4.78, 5) is 144. The van der Waals surface area contributed by atoms with Gasteiger partial charge in [-0.1, -0.05) is 72.8 Å². The van der Waals surface area contributed by atoms with Crippen LogP contribution in [0.1, 0.15) is 75.0 Å². The number of aliphatic carboxylic acids is 2. The van der Waals surface area contributed by atoms with Crippen LogP contribution >= 0.6 is 11.8 Å². The van der Waals surface area contributed by atoms with E-state index in [0.29, 0.717) is 35.3 Å². The van der Waals surface area contributed by atoms with Crippen molar-refractivity contribution in [3.05, 3.63) is 102 Å². The Labute approximate surface area is 484 Å². The first-order valence-electron chi connectivity index (χ1n) is 27.3. The molecule has 0 aliphatic carbocycles. The minimum atomic E-state index is -1.83. The fourth-order valence-corrected chi connectivity index (χ4v) is 10.2. The maximum Gasteiger partial charge on any atom is 0.326 e. The highest BCUT2D eigenvalue weighted by Crippen LogP contribution is 2.27. The molecule has 3 aromatic carbocycles. The zero-order valence-corrected chi connectivity index (χ0v) is 47.1. The highest BCUT2D eigenvalue weighted by molar-refractivity contribution is 7.98. The van der Waals surface area contributed by atoms with E-state index in [4.69, 9.17) is 17.2 Å². The molecule has 3 aromatic rings. The van der Waals surface area contributed by atoms with Crippen molar-refractivity contribution in [3.63, 3.8) is 0 Å². The number of amides is 8. The van der Waals surface area contributed by atoms with E-state index in [0.717, 1.165) is 4.90 Å². The molecule has 16 N–H and O–H groups in total. The predicted molar refractivity (Wildman–Crippen MR) is 306 cm³/mol. The number of benzene rings is 3. The number of nitrogens with two attached hydrogens (primary N) is 3. The first kappa shape index (κ1) is 65.5. The van der Waals surface area contributed by atoms with Crippen LogP contribution < -0.4 is 49.1 Å². The molecule has 8 amide bonds. The van der Waals surface area contributed by atoms with Gasteiger partial charge in [-0.2, -0.15) is 11.8 Å². The molecule has 0 radical (unpaired) electrons. The summed E-state index contributed by atoms with van der Waals surface area (Å²) in [5.41, 5.74) is 18.6. The minimum absolute atomic E-state index is 0.00905. The van der Waals surface area contributed by atoms with Gasteiger partial charge in [-0.15, -0.1) is 0 Å². The second-order valence-corrected chi connectivity index (χ2v) is 21.4. The van der Waals surface area contributed by atoms with Crippen LogP contribution in [0.3, 0.4) is 0 Å². The Morgan fingerprint density at radius 2 is 1.12 bits per heavy atom. The largest absolute Gasteiger partial charge is 0.508 e. The molecule has 26 nitrogen and oxygen atoms in total. The highest BCUT2D eigenvalue weighted by atomic mass is 32.2. The number of rotatable bonds is 31. The number of thioether (sulfide) groups is 1. The third-order valence-electron chi connectivity index (χ3n) is 14.1. The zero-order chi connectivity index (χ0) is 60.8. The number of aliphatic imine (C=N–C) groups is 1. The van der Waals surface area contributed by atoms with Gasteiger partial charge in [0.15, 0.2) is 5.96 Å². The van der Waals surface area contributed by atoms with E-state index in [1.807, 2.05) is 0 Å². The van der Waals surface area contributed by atoms with E-state index in [9.17, 15) is 68.4 Å². The van der Waals surface area contributed by atoms with Gasteiger partial charge in [0.1, 0.15) is 54.1 Å². The van der Waals surface area contributed by atoms with Crippen LogP contribution in [0.25, 0.3) is 0 Å². The van der Waals surface area contributed by atoms with E-state index in [2.05, 4.69) is 36.9 Å². The van der Waals surface area contributed by atoms with Crippen molar-refractivity contribution in [3.8, 4) is 5.75 Å². The molecule has 2 fully saturated rings. The number of aliphatic hydroxyl groups is 1. The maximum atomic E-state index is 14.6. The molecule has 450 valence electrons. The van der Waals surface area contributed by atoms with E-state index >= 15 is 0 Å². The Kier molecular flexibility index (Phi) is 25.5. The number of carbonyl (C=O) groups excluding carboxylic acids is 8. The number of aliphatic hydroxyl groups excluding tert-OH is 1. The summed E-state index contributed by atoms with van der Waals surface area (Å²) in [7, 11) is 0. The molecular weight excluding hydrogens is 1100 g/mol. The summed E-state index contributed by atoms with van der Waals surface area (Å²) in [6.45, 7) is 1.42. The fraction of sp³-hybridized carbons (Fsp3) is 0.482. The summed E-state index contributed by atoms with van der Waals surface area (Å²) in [6, 6.07) is 10.3. The minimum Gasteiger partial charge on any atom is -0.508 e. The topological polar surface area (TPSA) is 421 Å². The molecular formula is C56H76N12O14S. The molecule has 2 saturated heterocycles. The van der Waals surface area contributed by atoms with Gasteiger partial charge in [-0.3, -0.25) is 48.1 Å². The number of phenolic OH excluding ortho intramolecular Hbond substituents is 1. The van der Waals surface area contributed by atoms with Crippen molar-refractivity contribution in [1.29, 1.82) is 0 Å². The van der Waals surface area contributed by atoms with E-state index in [1.54, 1.807) is 66.9 Å². The van der Waals surface area contributed by atoms with Crippen molar-refractivity contribution < 1.29 is 68.4 Å². The molecule has 10 atom stereocenters. The van der Waals surface area contributed by atoms with Gasteiger partial charge in [0.05, 0.1) is 18.6 Å². The van der Waals surface area contributed by atoms with E-state index < -0.39 is 126 Å². The Morgan fingerprint density at radius 1 is 0.627 bits per heavy atom. The van der Waals surface area contributed by atoms with Crippen LogP contribution in [0, 0.1) is 0 Å². The van der Waals surface area contributed by atoms with Gasteiger partial charge in [-0.25, -0.2) is 4.79 Å². The number of guanidine groups is 1. The molecule has 5 rings (SSSR count). The lowest BCUT2D eigenvalue weighted by atomic mass is 10.0. The van der Waals surface area contributed by atoms with Gasteiger partial charge >= 0.3 is 11.9 Å². The summed E-state index contributed by atoms with van der Waals surface area (Å²) in [5.74, 6) is -9.46. The third-order valence-corrected chi connectivity index (χ3v) is 14.7. The molecule has 0 aromatic heterocycles. The Balaban J connectivity index is 1.34. The first-order valence-corrected chi connectivity index (χ1v) is 28.7. The number of hydrogen-bond acceptors (Lipinski definition) is 15. The molecule has 2 aliphatic heterocycles. The monoisotopic (exact) mass is 1170 g/mol. The SMILES string of the molecule is CSCC[C@H](NC(=O)[C@H](Cc1ccccc1)NC(=O)[C@@H]1CCCN1C(=O)[C@@H]1CCCN1C(=O)[C@H](CC(=O)O)NC(=O)[C@H](Cc1ccc(O)cc1)NC(=O)[C@@H](NC(=O)[C@H](Cc1ccccc1)NC(=O)[C@@H](N)CCCN=C(N)N)[C@@H](C)O)C(=O)O. The lowest BCUT2D eigenvalue weighted by Crippen LogP contribution is -2.62. The van der Waals surface area contributed by atoms with Crippen LogP contribution in [-0.4, -0.2) is 188 Å². The average molecular weight is 1170 g/mol. The second kappa shape index (κ2) is 32.4. The number of carboxylic acids is 2. The van der Waals surface area contributed by atoms with Crippen molar-refractivity contribution in [2.75, 3.05) is 31.6 Å². The van der Waals surface area contributed by atoms with Crippen LogP contribution in [0.4, 0.5) is 0 Å². The Morgan fingerprint density at radius 3 is 1.65 bits per heavy atom. The van der Waals surface area contributed by atoms with Crippen molar-refractivity contribution in [2.45, 2.75) is 138 Å². The average Bonchev–Trinajstić information content (AvgIpc) is 4.29. The fourth-order valence-electron chi connectivity index (χ4n) is 9.71. The van der Waals surface area contributed by atoms with Gasteiger partial charge in [0.25, 0.3) is 0 Å². The molecule has 83 heavy (non-hydrogen) atoms. The number of carbonyl (C=O) groups is 10. The number of likely N-dealkylation sites (tertiary alicyclic amines) is 2. The van der Waals surface area contributed by atoms with Crippen molar-refractivity contribution in [1.82, 2.24) is 41.7 Å². The third kappa shape index (κ3) is 20.3. The number of nitrogens with one attached hydrogen (secondary N) is 6. The van der Waals surface area contributed by atoms with Crippen LogP contribution in [0.5, 0.6) is 5.75 Å². The molecule has 2 aliphatic rings. The molecule has 27 heteroatoms. The molecule has 0 bridgehead atoms. The van der Waals surface area contributed by atoms with Gasteiger partial charge in [-0.05, 0) is 92.7 Å². The number of carboxylic acid groups (broad SMARTS) is 2. The number of aromatic hydroxyl groups is 1. The molecule has 0 spiro atoms. The van der Waals surface area contributed by atoms with Gasteiger partial charge < -0.3 is 79.3 Å². The Bertz CT molecular complexity index is 2760. The van der Waals surface area contributed by atoms with Gasteiger partial charge in [0, 0.05) is 38.9 Å². The van der Waals surface area contributed by atoms with Crippen LogP contribution in [0.15, 0.2) is 89.9 Å².